The number of thiophene rings is 1. The van der Waals surface area contributed by atoms with Gasteiger partial charge in [-0.25, -0.2) is 4.98 Å². The third-order valence-corrected chi connectivity index (χ3v) is 6.91. The second kappa shape index (κ2) is 10.9. The molecule has 0 spiro atoms. The van der Waals surface area contributed by atoms with E-state index in [0.717, 1.165) is 36.4 Å². The zero-order valence-electron chi connectivity index (χ0n) is 19.7. The van der Waals surface area contributed by atoms with Crippen molar-refractivity contribution in [3.05, 3.63) is 57.6 Å². The van der Waals surface area contributed by atoms with Gasteiger partial charge in [-0.3, -0.25) is 9.59 Å². The van der Waals surface area contributed by atoms with Gasteiger partial charge >= 0.3 is 0 Å². The SMILES string of the molecule is COCc1ccc(C(=O)NCc2nc(-c3cccc(NC(=O)C4CCCN(C)C4)c3)oc2C)s1. The Balaban J connectivity index is 1.39. The topological polar surface area (TPSA) is 96.7 Å². The van der Waals surface area contributed by atoms with Crippen LogP contribution in [-0.4, -0.2) is 48.9 Å². The Kier molecular flexibility index (Phi) is 7.77. The number of nitrogens with one attached hydrogen (secondary N) is 2. The number of hydrogen-bond acceptors (Lipinski definition) is 7. The first-order chi connectivity index (χ1) is 16.4. The molecule has 3 heterocycles. The van der Waals surface area contributed by atoms with E-state index in [9.17, 15) is 9.59 Å². The molecule has 2 amide bonds. The second-order valence-corrected chi connectivity index (χ2v) is 9.74. The summed E-state index contributed by atoms with van der Waals surface area (Å²) < 4.78 is 11.0. The Morgan fingerprint density at radius 2 is 2.15 bits per heavy atom. The third-order valence-electron chi connectivity index (χ3n) is 5.85. The number of piperidine rings is 1. The van der Waals surface area contributed by atoms with E-state index in [2.05, 4.69) is 20.5 Å². The number of nitrogens with zero attached hydrogens (tertiary/aromatic N) is 2. The van der Waals surface area contributed by atoms with E-state index in [-0.39, 0.29) is 24.3 Å². The van der Waals surface area contributed by atoms with Crippen molar-refractivity contribution in [3.8, 4) is 11.5 Å². The van der Waals surface area contributed by atoms with Crippen molar-refractivity contribution in [1.82, 2.24) is 15.2 Å². The highest BCUT2D eigenvalue weighted by Crippen LogP contribution is 2.26. The van der Waals surface area contributed by atoms with Crippen LogP contribution in [0.25, 0.3) is 11.5 Å². The highest BCUT2D eigenvalue weighted by molar-refractivity contribution is 7.14. The van der Waals surface area contributed by atoms with Crippen molar-refractivity contribution >= 4 is 28.8 Å². The van der Waals surface area contributed by atoms with Crippen molar-refractivity contribution in [2.45, 2.75) is 32.9 Å². The van der Waals surface area contributed by atoms with Gasteiger partial charge in [0.25, 0.3) is 5.91 Å². The average molecular weight is 483 g/mol. The molecule has 1 aromatic carbocycles. The van der Waals surface area contributed by atoms with Gasteiger partial charge in [-0.1, -0.05) is 6.07 Å². The lowest BCUT2D eigenvalue weighted by atomic mass is 9.97. The van der Waals surface area contributed by atoms with Gasteiger partial charge < -0.3 is 24.7 Å². The summed E-state index contributed by atoms with van der Waals surface area (Å²) >= 11 is 1.41. The van der Waals surface area contributed by atoms with Crippen molar-refractivity contribution in [3.63, 3.8) is 0 Å². The highest BCUT2D eigenvalue weighted by atomic mass is 32.1. The largest absolute Gasteiger partial charge is 0.441 e. The van der Waals surface area contributed by atoms with Crippen molar-refractivity contribution in [2.24, 2.45) is 5.92 Å². The molecule has 1 saturated heterocycles. The maximum absolute atomic E-state index is 12.7. The van der Waals surface area contributed by atoms with E-state index in [1.165, 1.54) is 11.3 Å². The van der Waals surface area contributed by atoms with Crippen molar-refractivity contribution in [1.29, 1.82) is 0 Å². The third kappa shape index (κ3) is 5.91. The molecule has 2 aromatic heterocycles. The van der Waals surface area contributed by atoms with E-state index in [0.29, 0.717) is 34.5 Å². The van der Waals surface area contributed by atoms with Crippen LogP contribution in [0.3, 0.4) is 0 Å². The molecule has 0 aliphatic carbocycles. The molecule has 0 radical (unpaired) electrons. The number of carbonyl (C=O) groups excluding carboxylic acids is 2. The van der Waals surface area contributed by atoms with Gasteiger partial charge in [-0.2, -0.15) is 0 Å². The number of benzene rings is 1. The first kappa shape index (κ1) is 24.1. The highest BCUT2D eigenvalue weighted by Gasteiger charge is 2.24. The molecular formula is C25H30N4O4S. The number of anilines is 1. The molecule has 9 heteroatoms. The predicted molar refractivity (Wildman–Crippen MR) is 132 cm³/mol. The van der Waals surface area contributed by atoms with Gasteiger partial charge in [0.05, 0.1) is 23.9 Å². The Morgan fingerprint density at radius 1 is 1.29 bits per heavy atom. The molecule has 8 nitrogen and oxygen atoms in total. The van der Waals surface area contributed by atoms with Gasteiger partial charge in [0, 0.05) is 29.8 Å². The van der Waals surface area contributed by atoms with E-state index in [4.69, 9.17) is 9.15 Å². The van der Waals surface area contributed by atoms with Crippen molar-refractivity contribution < 1.29 is 18.7 Å². The Hall–Kier alpha value is -3.01. The van der Waals surface area contributed by atoms with Crippen molar-refractivity contribution in [2.75, 3.05) is 32.6 Å². The normalized spacial score (nSPS) is 16.4. The number of likely N-dealkylation sites (tertiary alicyclic amines) is 1. The molecule has 180 valence electrons. The zero-order chi connectivity index (χ0) is 24.1. The lowest BCUT2D eigenvalue weighted by Crippen LogP contribution is -2.38. The summed E-state index contributed by atoms with van der Waals surface area (Å²) in [5, 5.41) is 5.93. The van der Waals surface area contributed by atoms with Crippen LogP contribution in [0.2, 0.25) is 0 Å². The second-order valence-electron chi connectivity index (χ2n) is 8.57. The fourth-order valence-electron chi connectivity index (χ4n) is 4.04. The number of hydrogen-bond donors (Lipinski definition) is 2. The summed E-state index contributed by atoms with van der Waals surface area (Å²) in [5.74, 6) is 0.970. The molecule has 3 aromatic rings. The quantitative estimate of drug-likeness (QED) is 0.502. The van der Waals surface area contributed by atoms with Gasteiger partial charge in [0.15, 0.2) is 0 Å². The number of aromatic nitrogens is 1. The Bertz CT molecular complexity index is 1160. The number of amides is 2. The molecule has 1 aliphatic rings. The molecule has 34 heavy (non-hydrogen) atoms. The maximum Gasteiger partial charge on any atom is 0.261 e. The fraction of sp³-hybridized carbons (Fsp3) is 0.400. The summed E-state index contributed by atoms with van der Waals surface area (Å²) in [6.07, 6.45) is 1.94. The monoisotopic (exact) mass is 482 g/mol. The zero-order valence-corrected chi connectivity index (χ0v) is 20.5. The smallest absolute Gasteiger partial charge is 0.261 e. The van der Waals surface area contributed by atoms with E-state index in [1.54, 1.807) is 13.2 Å². The number of carbonyl (C=O) groups is 2. The summed E-state index contributed by atoms with van der Waals surface area (Å²) in [6.45, 7) is 4.38. The standard InChI is InChI=1S/C25H30N4O4S/c1-16-21(13-26-24(31)22-10-9-20(34-22)15-32-3)28-25(33-16)17-6-4-8-19(12-17)27-23(30)18-7-5-11-29(2)14-18/h4,6,8-10,12,18H,5,7,11,13-15H2,1-3H3,(H,26,31)(H,27,30). The molecule has 1 fully saturated rings. The van der Waals surface area contributed by atoms with Crippen LogP contribution in [0.5, 0.6) is 0 Å². The number of rotatable bonds is 8. The number of methoxy groups -OCH3 is 1. The summed E-state index contributed by atoms with van der Waals surface area (Å²) in [7, 11) is 3.67. The van der Waals surface area contributed by atoms with Crippen LogP contribution >= 0.6 is 11.3 Å². The molecule has 1 aliphatic heterocycles. The van der Waals surface area contributed by atoms with Crippen LogP contribution < -0.4 is 10.6 Å². The minimum atomic E-state index is -0.158. The molecule has 4 rings (SSSR count). The van der Waals surface area contributed by atoms with Crippen LogP contribution in [0.1, 0.15) is 38.8 Å². The molecule has 0 bridgehead atoms. The molecule has 1 unspecified atom stereocenters. The molecular weight excluding hydrogens is 452 g/mol. The number of aryl methyl sites for hydroxylation is 1. The first-order valence-corrected chi connectivity index (χ1v) is 12.2. The lowest BCUT2D eigenvalue weighted by molar-refractivity contribution is -0.121. The van der Waals surface area contributed by atoms with E-state index < -0.39 is 0 Å². The van der Waals surface area contributed by atoms with Gasteiger partial charge in [0.1, 0.15) is 11.5 Å². The first-order valence-electron chi connectivity index (χ1n) is 11.3. The van der Waals surface area contributed by atoms with E-state index >= 15 is 0 Å². The Labute approximate surface area is 203 Å². The van der Waals surface area contributed by atoms with Gasteiger partial charge in [-0.15, -0.1) is 11.3 Å². The Morgan fingerprint density at radius 3 is 2.94 bits per heavy atom. The fourth-order valence-corrected chi connectivity index (χ4v) is 4.94. The summed E-state index contributed by atoms with van der Waals surface area (Å²) in [6, 6.07) is 11.2. The average Bonchev–Trinajstić information content (AvgIpc) is 3.44. The molecule has 2 N–H and O–H groups in total. The summed E-state index contributed by atoms with van der Waals surface area (Å²) in [5.41, 5.74) is 2.14. The predicted octanol–water partition coefficient (Wildman–Crippen LogP) is 4.07. The minimum absolute atomic E-state index is 0.00414. The van der Waals surface area contributed by atoms with Gasteiger partial charge in [-0.05, 0) is 63.7 Å². The van der Waals surface area contributed by atoms with Crippen LogP contribution in [0.4, 0.5) is 5.69 Å². The number of ether oxygens (including phenoxy) is 1. The minimum Gasteiger partial charge on any atom is -0.441 e. The van der Waals surface area contributed by atoms with Crippen LogP contribution in [0.15, 0.2) is 40.8 Å². The molecule has 1 atom stereocenters. The lowest BCUT2D eigenvalue weighted by Gasteiger charge is -2.28. The number of oxazole rings is 1. The van der Waals surface area contributed by atoms with E-state index in [1.807, 2.05) is 44.3 Å². The van der Waals surface area contributed by atoms with Gasteiger partial charge in [0.2, 0.25) is 11.8 Å². The van der Waals surface area contributed by atoms with Crippen LogP contribution in [0, 0.1) is 12.8 Å². The summed E-state index contributed by atoms with van der Waals surface area (Å²) in [4.78, 5) is 33.6. The van der Waals surface area contributed by atoms with Crippen LogP contribution in [-0.2, 0) is 22.7 Å². The maximum atomic E-state index is 12.7. The molecule has 0 saturated carbocycles.